The van der Waals surface area contributed by atoms with Crippen LogP contribution >= 0.6 is 0 Å². The average Bonchev–Trinajstić information content (AvgIpc) is 3.00. The number of benzene rings is 2. The van der Waals surface area contributed by atoms with Crippen LogP contribution in [-0.4, -0.2) is 28.0 Å². The molecule has 3 N–H and O–H groups in total. The molecule has 0 spiro atoms. The zero-order chi connectivity index (χ0) is 19.6. The topological polar surface area (TPSA) is 77.5 Å². The Kier molecular flexibility index (Phi) is 5.35. The second-order valence-corrected chi connectivity index (χ2v) is 7.60. The van der Waals surface area contributed by atoms with Crippen LogP contribution in [0.1, 0.15) is 43.5 Å². The van der Waals surface area contributed by atoms with E-state index in [0.29, 0.717) is 6.42 Å². The first-order valence-corrected chi connectivity index (χ1v) is 9.09. The van der Waals surface area contributed by atoms with Crippen molar-refractivity contribution in [1.82, 2.24) is 4.57 Å². The number of carbonyl (C=O) groups is 1. The van der Waals surface area contributed by atoms with E-state index in [0.717, 1.165) is 27.6 Å². The summed E-state index contributed by atoms with van der Waals surface area (Å²) in [4.78, 5) is 12.7. The van der Waals surface area contributed by atoms with Crippen molar-refractivity contribution in [3.8, 4) is 0 Å². The molecule has 0 unspecified atom stereocenters. The molecule has 3 aromatic rings. The van der Waals surface area contributed by atoms with Crippen molar-refractivity contribution in [2.75, 3.05) is 6.61 Å². The molecule has 0 fully saturated rings. The molecule has 0 saturated heterocycles. The van der Waals surface area contributed by atoms with Crippen molar-refractivity contribution < 1.29 is 14.6 Å². The number of hydrogen-bond acceptors (Lipinski definition) is 4. The van der Waals surface area contributed by atoms with Gasteiger partial charge >= 0.3 is 6.09 Å². The zero-order valence-corrected chi connectivity index (χ0v) is 16.0. The highest BCUT2D eigenvalue weighted by Gasteiger charge is 2.23. The van der Waals surface area contributed by atoms with Gasteiger partial charge in [-0.3, -0.25) is 4.57 Å². The Morgan fingerprint density at radius 2 is 1.78 bits per heavy atom. The lowest BCUT2D eigenvalue weighted by Gasteiger charge is -2.19. The van der Waals surface area contributed by atoms with E-state index < -0.39 is 17.7 Å². The summed E-state index contributed by atoms with van der Waals surface area (Å²) in [5, 5.41) is 10.3. The Hall–Kier alpha value is -2.63. The fraction of sp³-hybridized carbons (Fsp3) is 0.318. The third-order valence-corrected chi connectivity index (χ3v) is 4.44. The van der Waals surface area contributed by atoms with Crippen LogP contribution in [0.2, 0.25) is 0 Å². The predicted octanol–water partition coefficient (Wildman–Crippen LogP) is 4.01. The molecule has 0 bridgehead atoms. The largest absolute Gasteiger partial charge is 0.443 e. The summed E-state index contributed by atoms with van der Waals surface area (Å²) in [5.74, 6) is 0. The first-order chi connectivity index (χ1) is 12.8. The van der Waals surface area contributed by atoms with Gasteiger partial charge in [-0.1, -0.05) is 42.5 Å². The molecule has 5 nitrogen and oxygen atoms in total. The van der Waals surface area contributed by atoms with Crippen LogP contribution in [-0.2, 0) is 11.2 Å². The van der Waals surface area contributed by atoms with Gasteiger partial charge in [-0.05, 0) is 49.9 Å². The summed E-state index contributed by atoms with van der Waals surface area (Å²) < 4.78 is 7.06. The number of fused-ring (bicyclic) bond motifs is 1. The quantitative estimate of drug-likeness (QED) is 0.731. The van der Waals surface area contributed by atoms with Gasteiger partial charge in [0.2, 0.25) is 0 Å². The fourth-order valence-electron chi connectivity index (χ4n) is 3.27. The van der Waals surface area contributed by atoms with Crippen molar-refractivity contribution in [2.24, 2.45) is 5.73 Å². The number of ether oxygens (including phenoxy) is 1. The number of para-hydroxylation sites is 1. The van der Waals surface area contributed by atoms with E-state index in [9.17, 15) is 9.90 Å². The predicted molar refractivity (Wildman–Crippen MR) is 107 cm³/mol. The van der Waals surface area contributed by atoms with Gasteiger partial charge in [-0.15, -0.1) is 0 Å². The van der Waals surface area contributed by atoms with Crippen molar-refractivity contribution in [3.05, 3.63) is 71.4 Å². The van der Waals surface area contributed by atoms with Crippen molar-refractivity contribution >= 4 is 17.0 Å². The van der Waals surface area contributed by atoms with E-state index >= 15 is 0 Å². The van der Waals surface area contributed by atoms with Crippen LogP contribution in [0.3, 0.4) is 0 Å². The molecule has 142 valence electrons. The van der Waals surface area contributed by atoms with Crippen LogP contribution in [0.4, 0.5) is 4.79 Å². The number of nitrogens with two attached hydrogens (primary N) is 1. The van der Waals surface area contributed by atoms with Gasteiger partial charge in [0.05, 0.1) is 11.6 Å². The minimum Gasteiger partial charge on any atom is -0.443 e. The fourth-order valence-corrected chi connectivity index (χ4v) is 3.27. The molecule has 0 radical (unpaired) electrons. The third-order valence-electron chi connectivity index (χ3n) is 4.44. The number of hydrogen-bond donors (Lipinski definition) is 2. The van der Waals surface area contributed by atoms with Crippen LogP contribution in [0.5, 0.6) is 0 Å². The highest BCUT2D eigenvalue weighted by atomic mass is 16.6. The standard InChI is InChI=1S/C22H26N2O3/c1-22(2,3)27-21(26)24-14-18(17-10-6-7-11-19(17)24)20(23)16-9-5-4-8-15(16)12-13-25/h4-11,14,20,25H,12-13,23H2,1-3H3/t20-/m1/s1. The molecule has 2 aromatic carbocycles. The number of nitrogens with zero attached hydrogens (tertiary/aromatic N) is 1. The maximum atomic E-state index is 12.7. The molecule has 0 aliphatic carbocycles. The Bertz CT molecular complexity index is 954. The molecule has 1 heterocycles. The molecule has 27 heavy (non-hydrogen) atoms. The minimum atomic E-state index is -0.585. The Morgan fingerprint density at radius 3 is 2.48 bits per heavy atom. The van der Waals surface area contributed by atoms with Gasteiger partial charge in [-0.2, -0.15) is 0 Å². The molecule has 1 atom stereocenters. The second kappa shape index (κ2) is 7.55. The van der Waals surface area contributed by atoms with E-state index in [1.807, 2.05) is 69.3 Å². The lowest BCUT2D eigenvalue weighted by Crippen LogP contribution is -2.26. The molecule has 3 rings (SSSR count). The van der Waals surface area contributed by atoms with Crippen molar-refractivity contribution in [2.45, 2.75) is 38.8 Å². The summed E-state index contributed by atoms with van der Waals surface area (Å²) in [6, 6.07) is 15.0. The number of rotatable bonds is 4. The van der Waals surface area contributed by atoms with E-state index in [4.69, 9.17) is 10.5 Å². The average molecular weight is 366 g/mol. The highest BCUT2D eigenvalue weighted by molar-refractivity contribution is 5.92. The summed E-state index contributed by atoms with van der Waals surface area (Å²) in [7, 11) is 0. The Labute approximate surface area is 159 Å². The van der Waals surface area contributed by atoms with Crippen LogP contribution in [0.25, 0.3) is 10.9 Å². The first kappa shape index (κ1) is 19.1. The second-order valence-electron chi connectivity index (χ2n) is 7.60. The van der Waals surface area contributed by atoms with Crippen LogP contribution < -0.4 is 5.73 Å². The van der Waals surface area contributed by atoms with Crippen LogP contribution in [0.15, 0.2) is 54.7 Å². The van der Waals surface area contributed by atoms with Gasteiger partial charge in [-0.25, -0.2) is 4.79 Å². The summed E-state index contributed by atoms with van der Waals surface area (Å²) >= 11 is 0. The summed E-state index contributed by atoms with van der Waals surface area (Å²) in [5.41, 5.74) is 9.58. The maximum absolute atomic E-state index is 12.7. The maximum Gasteiger partial charge on any atom is 0.419 e. The summed E-state index contributed by atoms with van der Waals surface area (Å²) in [6.45, 7) is 5.58. The van der Waals surface area contributed by atoms with Gasteiger partial charge in [0.1, 0.15) is 5.60 Å². The van der Waals surface area contributed by atoms with E-state index in [1.165, 1.54) is 4.57 Å². The molecular formula is C22H26N2O3. The van der Waals surface area contributed by atoms with Gasteiger partial charge in [0, 0.05) is 18.2 Å². The lowest BCUT2D eigenvalue weighted by molar-refractivity contribution is 0.0544. The molecular weight excluding hydrogens is 340 g/mol. The number of aromatic nitrogens is 1. The molecule has 0 aliphatic rings. The number of aliphatic hydroxyl groups is 1. The lowest BCUT2D eigenvalue weighted by atomic mass is 9.93. The molecule has 0 amide bonds. The van der Waals surface area contributed by atoms with Gasteiger partial charge in [0.25, 0.3) is 0 Å². The smallest absolute Gasteiger partial charge is 0.419 e. The molecule has 0 aliphatic heterocycles. The summed E-state index contributed by atoms with van der Waals surface area (Å²) in [6.07, 6.45) is 1.87. The normalized spacial score (nSPS) is 12.9. The Balaban J connectivity index is 2.09. The number of carbonyl (C=O) groups excluding carboxylic acids is 1. The Morgan fingerprint density at radius 1 is 1.11 bits per heavy atom. The first-order valence-electron chi connectivity index (χ1n) is 9.09. The van der Waals surface area contributed by atoms with E-state index in [1.54, 1.807) is 6.20 Å². The molecule has 0 saturated carbocycles. The van der Waals surface area contributed by atoms with Crippen molar-refractivity contribution in [1.29, 1.82) is 0 Å². The van der Waals surface area contributed by atoms with E-state index in [2.05, 4.69) is 0 Å². The van der Waals surface area contributed by atoms with Gasteiger partial charge < -0.3 is 15.6 Å². The molecule has 1 aromatic heterocycles. The zero-order valence-electron chi connectivity index (χ0n) is 16.0. The third kappa shape index (κ3) is 4.04. The monoisotopic (exact) mass is 366 g/mol. The number of aliphatic hydroxyl groups excluding tert-OH is 1. The highest BCUT2D eigenvalue weighted by Crippen LogP contribution is 2.31. The minimum absolute atomic E-state index is 0.0589. The van der Waals surface area contributed by atoms with Gasteiger partial charge in [0.15, 0.2) is 0 Å². The van der Waals surface area contributed by atoms with Crippen molar-refractivity contribution in [3.63, 3.8) is 0 Å². The SMILES string of the molecule is CC(C)(C)OC(=O)n1cc([C@H](N)c2ccccc2CCO)c2ccccc21. The van der Waals surface area contributed by atoms with E-state index in [-0.39, 0.29) is 6.61 Å². The molecule has 5 heteroatoms. The van der Waals surface area contributed by atoms with Crippen LogP contribution in [0, 0.1) is 0 Å².